The molecule has 5 nitrogen and oxygen atoms in total. The van der Waals surface area contributed by atoms with Crippen molar-refractivity contribution in [3.63, 3.8) is 0 Å². The molecule has 2 atom stereocenters. The Kier molecular flexibility index (Phi) is 5.81. The van der Waals surface area contributed by atoms with Crippen LogP contribution in [0.3, 0.4) is 0 Å². The van der Waals surface area contributed by atoms with Crippen LogP contribution < -0.4 is 0 Å². The zero-order valence-corrected chi connectivity index (χ0v) is 18.4. The summed E-state index contributed by atoms with van der Waals surface area (Å²) in [5.74, 6) is -1.28. The number of benzene rings is 1. The van der Waals surface area contributed by atoms with Crippen LogP contribution in [0.1, 0.15) is 29.4 Å². The van der Waals surface area contributed by atoms with Crippen molar-refractivity contribution in [2.45, 2.75) is 19.5 Å². The topological polar surface area (TPSA) is 60.9 Å². The Morgan fingerprint density at radius 3 is 2.75 bits per heavy atom. The Hall–Kier alpha value is -2.77. The van der Waals surface area contributed by atoms with Crippen molar-refractivity contribution in [2.75, 3.05) is 0 Å². The van der Waals surface area contributed by atoms with Crippen LogP contribution in [0, 0.1) is 11.7 Å². The van der Waals surface area contributed by atoms with Crippen LogP contribution in [-0.4, -0.2) is 21.2 Å². The molecule has 1 aliphatic carbocycles. The lowest BCUT2D eigenvalue weighted by Gasteiger charge is -2.21. The quantitative estimate of drug-likeness (QED) is 0.242. The number of aldehydes is 1. The van der Waals surface area contributed by atoms with Crippen LogP contribution in [0.25, 0.3) is 28.3 Å². The molecule has 0 bridgehead atoms. The number of hydrogen-bond acceptors (Lipinski definition) is 4. The molecule has 0 radical (unpaired) electrons. The fourth-order valence-corrected chi connectivity index (χ4v) is 4.13. The molecule has 166 valence electrons. The van der Waals surface area contributed by atoms with Gasteiger partial charge in [-0.15, -0.1) is 9.24 Å². The molecule has 0 aliphatic heterocycles. The molecule has 0 fully saturated rings. The maximum atomic E-state index is 14.4. The van der Waals surface area contributed by atoms with E-state index < -0.39 is 29.0 Å². The number of aromatic nitrogens is 3. The summed E-state index contributed by atoms with van der Waals surface area (Å²) in [6.07, 6.45) is 0.354. The number of carbonyl (C=O) groups is 1. The first kappa shape index (κ1) is 22.4. The zero-order valence-electron chi connectivity index (χ0n) is 16.5. The Morgan fingerprint density at radius 1 is 1.34 bits per heavy atom. The summed E-state index contributed by atoms with van der Waals surface area (Å²) in [7, 11) is 2.46. The molecule has 4 rings (SSSR count). The van der Waals surface area contributed by atoms with Gasteiger partial charge in [-0.3, -0.25) is 4.79 Å². The highest BCUT2D eigenvalue weighted by molar-refractivity contribution is 7.23. The number of nitrogens with zero attached hydrogens (tertiary/aromatic N) is 3. The first-order valence-electron chi connectivity index (χ1n) is 9.36. The first-order valence-corrected chi connectivity index (χ1v) is 10.3. The monoisotopic (exact) mass is 483 g/mol. The van der Waals surface area contributed by atoms with E-state index in [0.717, 1.165) is 16.9 Å². The van der Waals surface area contributed by atoms with Crippen LogP contribution in [0.15, 0.2) is 46.4 Å². The van der Waals surface area contributed by atoms with Crippen molar-refractivity contribution in [1.29, 1.82) is 0 Å². The zero-order chi connectivity index (χ0) is 23.2. The van der Waals surface area contributed by atoms with Crippen molar-refractivity contribution < 1.29 is 26.9 Å². The average Bonchev–Trinajstić information content (AvgIpc) is 3.34. The largest absolute Gasteiger partial charge is 0.434 e. The Morgan fingerprint density at radius 2 is 2.09 bits per heavy atom. The number of allylic oxidation sites excluding steroid dienone is 4. The second-order valence-electron chi connectivity index (χ2n) is 7.18. The Bertz CT molecular complexity index is 1260. The standard InChI is InChI=1S/C21H15ClF4N3O2P/c1-10-4-2-7-15(19(10)32)29-20(21(24,25)26)11(8-27-29)18-12(9-30)17(28-31-18)16-13(22)5-3-6-14(16)23/h2-3,5-10H,4,32H2,1H3/t10-/m1/s1. The van der Waals surface area contributed by atoms with Gasteiger partial charge in [0.1, 0.15) is 11.5 Å². The van der Waals surface area contributed by atoms with E-state index >= 15 is 0 Å². The number of hydrogen-bond donors (Lipinski definition) is 0. The first-order chi connectivity index (χ1) is 15.1. The van der Waals surface area contributed by atoms with Gasteiger partial charge < -0.3 is 4.52 Å². The third-order valence-corrected chi connectivity index (χ3v) is 6.33. The van der Waals surface area contributed by atoms with Crippen molar-refractivity contribution in [1.82, 2.24) is 14.9 Å². The maximum Gasteiger partial charge on any atom is 0.434 e. The SMILES string of the molecule is C[C@@H]1CC=CC(n2ncc(-c3onc(-c4c(F)cccc4Cl)c3C=O)c2C(F)(F)F)=C1P. The second kappa shape index (κ2) is 8.30. The lowest BCUT2D eigenvalue weighted by Crippen LogP contribution is -2.17. The minimum atomic E-state index is -4.85. The van der Waals surface area contributed by atoms with E-state index in [4.69, 9.17) is 16.1 Å². The minimum Gasteiger partial charge on any atom is -0.355 e. The van der Waals surface area contributed by atoms with Gasteiger partial charge >= 0.3 is 6.18 Å². The predicted octanol–water partition coefficient (Wildman–Crippen LogP) is 6.47. The van der Waals surface area contributed by atoms with Crippen LogP contribution >= 0.6 is 20.8 Å². The summed E-state index contributed by atoms with van der Waals surface area (Å²) in [6.45, 7) is 1.88. The number of halogens is 5. The highest BCUT2D eigenvalue weighted by atomic mass is 35.5. The molecule has 32 heavy (non-hydrogen) atoms. The maximum absolute atomic E-state index is 14.4. The molecule has 1 unspecified atom stereocenters. The average molecular weight is 484 g/mol. The molecule has 3 aromatic rings. The molecule has 2 aromatic heterocycles. The Balaban J connectivity index is 1.96. The van der Waals surface area contributed by atoms with Gasteiger partial charge in [-0.1, -0.05) is 35.8 Å². The van der Waals surface area contributed by atoms with Gasteiger partial charge in [-0.2, -0.15) is 18.3 Å². The number of carbonyl (C=O) groups excluding carboxylic acids is 1. The normalized spacial score (nSPS) is 16.7. The third kappa shape index (κ3) is 3.69. The van der Waals surface area contributed by atoms with Crippen LogP contribution in [0.4, 0.5) is 17.6 Å². The van der Waals surface area contributed by atoms with E-state index in [0.29, 0.717) is 11.7 Å². The molecule has 0 N–H and O–H groups in total. The molecule has 1 aromatic carbocycles. The van der Waals surface area contributed by atoms with Crippen LogP contribution in [0.2, 0.25) is 5.02 Å². The fourth-order valence-electron chi connectivity index (χ4n) is 3.53. The van der Waals surface area contributed by atoms with Crippen molar-refractivity contribution in [2.24, 2.45) is 5.92 Å². The number of rotatable bonds is 4. The van der Waals surface area contributed by atoms with E-state index in [1.165, 1.54) is 12.1 Å². The van der Waals surface area contributed by atoms with Gasteiger partial charge in [-0.05, 0) is 35.9 Å². The molecule has 2 heterocycles. The molecule has 0 spiro atoms. The lowest BCUT2D eigenvalue weighted by atomic mass is 10.0. The third-order valence-electron chi connectivity index (χ3n) is 5.15. The smallest absolute Gasteiger partial charge is 0.355 e. The van der Waals surface area contributed by atoms with Gasteiger partial charge in [0.05, 0.1) is 33.6 Å². The lowest BCUT2D eigenvalue weighted by molar-refractivity contribution is -0.142. The molecular formula is C21H15ClF4N3O2P. The fraction of sp³-hybridized carbons (Fsp3) is 0.190. The second-order valence-corrected chi connectivity index (χ2v) is 8.21. The van der Waals surface area contributed by atoms with Crippen LogP contribution in [-0.2, 0) is 6.18 Å². The predicted molar refractivity (Wildman–Crippen MR) is 114 cm³/mol. The summed E-state index contributed by atoms with van der Waals surface area (Å²) in [4.78, 5) is 11.8. The van der Waals surface area contributed by atoms with E-state index in [1.807, 2.05) is 6.92 Å². The van der Waals surface area contributed by atoms with Crippen molar-refractivity contribution in [3.05, 3.63) is 64.0 Å². The van der Waals surface area contributed by atoms with Gasteiger partial charge in [0.15, 0.2) is 17.7 Å². The van der Waals surface area contributed by atoms with E-state index in [9.17, 15) is 22.4 Å². The molecule has 0 saturated heterocycles. The van der Waals surface area contributed by atoms with Gasteiger partial charge in [0, 0.05) is 0 Å². The van der Waals surface area contributed by atoms with E-state index in [-0.39, 0.29) is 39.7 Å². The Labute approximate surface area is 186 Å². The van der Waals surface area contributed by atoms with Gasteiger partial charge in [0.25, 0.3) is 0 Å². The summed E-state index contributed by atoms with van der Waals surface area (Å²) >= 11 is 6.04. The van der Waals surface area contributed by atoms with Crippen LogP contribution in [0.5, 0.6) is 0 Å². The molecule has 0 saturated carbocycles. The molecular weight excluding hydrogens is 469 g/mol. The number of alkyl halides is 3. The molecule has 1 aliphatic rings. The van der Waals surface area contributed by atoms with E-state index in [1.54, 1.807) is 12.2 Å². The highest BCUT2D eigenvalue weighted by Crippen LogP contribution is 2.43. The van der Waals surface area contributed by atoms with Gasteiger partial charge in [0.2, 0.25) is 0 Å². The summed E-state index contributed by atoms with van der Waals surface area (Å²) in [6, 6.07) is 3.81. The van der Waals surface area contributed by atoms with Gasteiger partial charge in [-0.25, -0.2) is 9.07 Å². The van der Waals surface area contributed by atoms with Crippen molar-refractivity contribution in [3.8, 4) is 22.6 Å². The van der Waals surface area contributed by atoms with Crippen molar-refractivity contribution >= 4 is 32.8 Å². The summed E-state index contributed by atoms with van der Waals surface area (Å²) in [5, 5.41) is 8.17. The minimum absolute atomic E-state index is 0.000602. The summed E-state index contributed by atoms with van der Waals surface area (Å²) in [5.41, 5.74) is -2.30. The highest BCUT2D eigenvalue weighted by Gasteiger charge is 2.41. The molecule has 0 amide bonds. The molecule has 11 heteroatoms. The summed E-state index contributed by atoms with van der Waals surface area (Å²) < 4.78 is 62.7. The van der Waals surface area contributed by atoms with E-state index in [2.05, 4.69) is 19.5 Å².